The van der Waals surface area contributed by atoms with E-state index in [1.54, 1.807) is 0 Å². The molecule has 1 aromatic rings. The molecular weight excluding hydrogens is 451 g/mol. The van der Waals surface area contributed by atoms with Gasteiger partial charge in [0.15, 0.2) is 5.96 Å². The summed E-state index contributed by atoms with van der Waals surface area (Å²) in [6, 6.07) is 8.79. The Bertz CT molecular complexity index is 545. The second kappa shape index (κ2) is 14.2. The highest BCUT2D eigenvalue weighted by Crippen LogP contribution is 2.28. The number of nitrogens with zero attached hydrogens (tertiary/aromatic N) is 2. The molecule has 2 rings (SSSR count). The van der Waals surface area contributed by atoms with Gasteiger partial charge in [-0.25, -0.2) is 0 Å². The molecule has 1 saturated carbocycles. The van der Waals surface area contributed by atoms with Crippen molar-refractivity contribution in [2.75, 3.05) is 39.9 Å². The fourth-order valence-electron chi connectivity index (χ4n) is 2.87. The van der Waals surface area contributed by atoms with Crippen LogP contribution in [0.25, 0.3) is 0 Å². The van der Waals surface area contributed by atoms with E-state index >= 15 is 0 Å². The summed E-state index contributed by atoms with van der Waals surface area (Å²) in [6.45, 7) is 11.0. The molecule has 154 valence electrons. The quantitative estimate of drug-likeness (QED) is 0.204. The molecular formula is C21H37IN4O. The van der Waals surface area contributed by atoms with Crippen LogP contribution in [0.1, 0.15) is 44.2 Å². The summed E-state index contributed by atoms with van der Waals surface area (Å²) in [5.41, 5.74) is 2.65. The summed E-state index contributed by atoms with van der Waals surface area (Å²) in [5.74, 6) is 1.69. The van der Waals surface area contributed by atoms with Crippen molar-refractivity contribution in [2.45, 2.75) is 46.2 Å². The molecule has 0 aliphatic heterocycles. The Kier molecular flexibility index (Phi) is 12.7. The molecule has 1 aromatic carbocycles. The van der Waals surface area contributed by atoms with Gasteiger partial charge in [0, 0.05) is 39.9 Å². The largest absolute Gasteiger partial charge is 0.381 e. The Morgan fingerprint density at radius 2 is 1.93 bits per heavy atom. The average Bonchev–Trinajstić information content (AvgIpc) is 3.49. The average molecular weight is 488 g/mol. The van der Waals surface area contributed by atoms with Gasteiger partial charge in [-0.1, -0.05) is 38.1 Å². The van der Waals surface area contributed by atoms with Gasteiger partial charge in [-0.3, -0.25) is 9.89 Å². The first-order chi connectivity index (χ1) is 12.7. The van der Waals surface area contributed by atoms with Crippen molar-refractivity contribution < 1.29 is 4.74 Å². The first-order valence-corrected chi connectivity index (χ1v) is 10.1. The lowest BCUT2D eigenvalue weighted by Gasteiger charge is -2.18. The van der Waals surface area contributed by atoms with Crippen LogP contribution in [-0.2, 0) is 17.8 Å². The van der Waals surface area contributed by atoms with Crippen LogP contribution < -0.4 is 10.6 Å². The zero-order valence-electron chi connectivity index (χ0n) is 17.2. The van der Waals surface area contributed by atoms with Gasteiger partial charge in [0.1, 0.15) is 0 Å². The monoisotopic (exact) mass is 488 g/mol. The molecule has 0 aromatic heterocycles. The van der Waals surface area contributed by atoms with E-state index < -0.39 is 0 Å². The number of halogens is 1. The molecule has 0 heterocycles. The van der Waals surface area contributed by atoms with Gasteiger partial charge in [-0.15, -0.1) is 24.0 Å². The summed E-state index contributed by atoms with van der Waals surface area (Å²) in [5, 5.41) is 6.76. The maximum atomic E-state index is 5.66. The van der Waals surface area contributed by atoms with E-state index in [1.807, 2.05) is 7.05 Å². The number of guanidine groups is 1. The van der Waals surface area contributed by atoms with Crippen LogP contribution in [0, 0.1) is 5.92 Å². The zero-order chi connectivity index (χ0) is 18.6. The van der Waals surface area contributed by atoms with E-state index in [2.05, 4.69) is 58.6 Å². The van der Waals surface area contributed by atoms with E-state index in [0.29, 0.717) is 0 Å². The normalized spacial score (nSPS) is 14.1. The minimum absolute atomic E-state index is 0. The Morgan fingerprint density at radius 1 is 1.19 bits per heavy atom. The van der Waals surface area contributed by atoms with Gasteiger partial charge in [0.05, 0.1) is 0 Å². The maximum absolute atomic E-state index is 5.66. The second-order valence-corrected chi connectivity index (χ2v) is 7.01. The number of benzene rings is 1. The summed E-state index contributed by atoms with van der Waals surface area (Å²) in [7, 11) is 1.82. The number of hydrogen-bond donors (Lipinski definition) is 2. The van der Waals surface area contributed by atoms with Crippen molar-refractivity contribution >= 4 is 29.9 Å². The third kappa shape index (κ3) is 10.3. The molecule has 1 aliphatic rings. The highest BCUT2D eigenvalue weighted by Gasteiger charge is 2.20. The van der Waals surface area contributed by atoms with Crippen LogP contribution in [-0.4, -0.2) is 50.8 Å². The predicted molar refractivity (Wildman–Crippen MR) is 125 cm³/mol. The first-order valence-electron chi connectivity index (χ1n) is 10.1. The third-order valence-corrected chi connectivity index (χ3v) is 4.78. The van der Waals surface area contributed by atoms with Crippen molar-refractivity contribution in [3.63, 3.8) is 0 Å². The lowest BCUT2D eigenvalue weighted by molar-refractivity contribution is 0.123. The molecule has 0 atom stereocenters. The predicted octanol–water partition coefficient (Wildman–Crippen LogP) is 3.63. The van der Waals surface area contributed by atoms with Crippen LogP contribution >= 0.6 is 24.0 Å². The molecule has 0 radical (unpaired) electrons. The molecule has 0 spiro atoms. The molecule has 6 heteroatoms. The molecule has 0 bridgehead atoms. The number of hydrogen-bond acceptors (Lipinski definition) is 3. The minimum atomic E-state index is 0. The number of rotatable bonds is 12. The molecule has 0 saturated heterocycles. The number of aliphatic imine (C=N–C) groups is 1. The summed E-state index contributed by atoms with van der Waals surface area (Å²) in [6.07, 6.45) is 3.71. The number of nitrogens with one attached hydrogen (secondary N) is 2. The molecule has 0 amide bonds. The smallest absolute Gasteiger partial charge is 0.191 e. The maximum Gasteiger partial charge on any atom is 0.191 e. The minimum Gasteiger partial charge on any atom is -0.381 e. The lowest BCUT2D eigenvalue weighted by atomic mass is 10.1. The van der Waals surface area contributed by atoms with E-state index in [4.69, 9.17) is 4.74 Å². The molecule has 27 heavy (non-hydrogen) atoms. The molecule has 2 N–H and O–H groups in total. The number of ether oxygens (including phenoxy) is 1. The van der Waals surface area contributed by atoms with Gasteiger partial charge in [-0.05, 0) is 49.4 Å². The van der Waals surface area contributed by atoms with E-state index in [0.717, 1.165) is 64.2 Å². The molecule has 1 aliphatic carbocycles. The summed E-state index contributed by atoms with van der Waals surface area (Å²) < 4.78 is 5.66. The van der Waals surface area contributed by atoms with Crippen LogP contribution in [0.4, 0.5) is 0 Å². The molecule has 0 unspecified atom stereocenters. The fourth-order valence-corrected chi connectivity index (χ4v) is 2.87. The van der Waals surface area contributed by atoms with Gasteiger partial charge in [-0.2, -0.15) is 0 Å². The Balaban J connectivity index is 0.00000364. The standard InChI is InChI=1S/C21H36N4O.HI/c1-4-25(5-2)16-20-9-6-8-19(14-20)15-24-21(22-3)23-12-7-13-26-17-18-10-11-18;/h6,8-9,14,18H,4-5,7,10-13,15-17H2,1-3H3,(H2,22,23,24);1H. The third-order valence-electron chi connectivity index (χ3n) is 4.78. The molecule has 1 fully saturated rings. The van der Waals surface area contributed by atoms with Crippen molar-refractivity contribution in [3.05, 3.63) is 35.4 Å². The Labute approximate surface area is 182 Å². The van der Waals surface area contributed by atoms with Crippen molar-refractivity contribution in [1.29, 1.82) is 0 Å². The fraction of sp³-hybridized carbons (Fsp3) is 0.667. The van der Waals surface area contributed by atoms with Gasteiger partial charge < -0.3 is 15.4 Å². The molecule has 5 nitrogen and oxygen atoms in total. The topological polar surface area (TPSA) is 48.9 Å². The highest BCUT2D eigenvalue weighted by molar-refractivity contribution is 14.0. The summed E-state index contributed by atoms with van der Waals surface area (Å²) >= 11 is 0. The van der Waals surface area contributed by atoms with Crippen molar-refractivity contribution in [2.24, 2.45) is 10.9 Å². The second-order valence-electron chi connectivity index (χ2n) is 7.01. The highest BCUT2D eigenvalue weighted by atomic mass is 127. The van der Waals surface area contributed by atoms with E-state index in [-0.39, 0.29) is 24.0 Å². The SMILES string of the molecule is CCN(CC)Cc1cccc(CNC(=NC)NCCCOCC2CC2)c1.I. The van der Waals surface area contributed by atoms with Crippen LogP contribution in [0.15, 0.2) is 29.3 Å². The van der Waals surface area contributed by atoms with Crippen molar-refractivity contribution in [1.82, 2.24) is 15.5 Å². The van der Waals surface area contributed by atoms with Crippen LogP contribution in [0.5, 0.6) is 0 Å². The summed E-state index contributed by atoms with van der Waals surface area (Å²) in [4.78, 5) is 6.73. The van der Waals surface area contributed by atoms with Crippen LogP contribution in [0.2, 0.25) is 0 Å². The Morgan fingerprint density at radius 3 is 2.59 bits per heavy atom. The zero-order valence-corrected chi connectivity index (χ0v) is 19.5. The lowest BCUT2D eigenvalue weighted by Crippen LogP contribution is -2.37. The van der Waals surface area contributed by atoms with Crippen molar-refractivity contribution in [3.8, 4) is 0 Å². The van der Waals surface area contributed by atoms with E-state index in [9.17, 15) is 0 Å². The van der Waals surface area contributed by atoms with Gasteiger partial charge in [0.25, 0.3) is 0 Å². The first kappa shape index (κ1) is 24.2. The van der Waals surface area contributed by atoms with E-state index in [1.165, 1.54) is 24.0 Å². The van der Waals surface area contributed by atoms with Gasteiger partial charge >= 0.3 is 0 Å². The van der Waals surface area contributed by atoms with Crippen LogP contribution in [0.3, 0.4) is 0 Å². The van der Waals surface area contributed by atoms with Gasteiger partial charge in [0.2, 0.25) is 0 Å². The Hall–Kier alpha value is -0.860.